The van der Waals surface area contributed by atoms with Crippen LogP contribution in [-0.4, -0.2) is 23.6 Å². The van der Waals surface area contributed by atoms with Crippen molar-refractivity contribution in [3.63, 3.8) is 0 Å². The lowest BCUT2D eigenvalue weighted by atomic mass is 10.1. The number of ether oxygens (including phenoxy) is 1. The van der Waals surface area contributed by atoms with Gasteiger partial charge in [-0.05, 0) is 37.1 Å². The fourth-order valence-corrected chi connectivity index (χ4v) is 2.53. The topological polar surface area (TPSA) is 47.0 Å². The summed E-state index contributed by atoms with van der Waals surface area (Å²) in [6.45, 7) is 1.08. The molecule has 1 unspecified atom stereocenters. The summed E-state index contributed by atoms with van der Waals surface area (Å²) in [6.07, 6.45) is 6.98. The van der Waals surface area contributed by atoms with Crippen molar-refractivity contribution in [2.24, 2.45) is 0 Å². The third-order valence-corrected chi connectivity index (χ3v) is 3.69. The second kappa shape index (κ2) is 6.01. The standard InChI is InChI=1S/C16H19N3O/c1-20-14-6-4-12(5-7-14)9-13-10-19-16(11-18-13)15-3-2-8-17-15/h4-7,10-11,15,17H,2-3,8-9H2,1H3. The Morgan fingerprint density at radius 1 is 1.20 bits per heavy atom. The lowest BCUT2D eigenvalue weighted by molar-refractivity contribution is 0.414. The minimum absolute atomic E-state index is 0.387. The van der Waals surface area contributed by atoms with Crippen LogP contribution in [0, 0.1) is 0 Å². The smallest absolute Gasteiger partial charge is 0.118 e. The predicted molar refractivity (Wildman–Crippen MR) is 77.8 cm³/mol. The quantitative estimate of drug-likeness (QED) is 0.926. The van der Waals surface area contributed by atoms with Crippen LogP contribution in [0.25, 0.3) is 0 Å². The van der Waals surface area contributed by atoms with Gasteiger partial charge >= 0.3 is 0 Å². The van der Waals surface area contributed by atoms with Crippen molar-refractivity contribution in [3.8, 4) is 5.75 Å². The first kappa shape index (κ1) is 13.1. The van der Waals surface area contributed by atoms with Gasteiger partial charge in [0.15, 0.2) is 0 Å². The average Bonchev–Trinajstić information content (AvgIpc) is 3.03. The van der Waals surface area contributed by atoms with Crippen LogP contribution in [0.5, 0.6) is 5.75 Å². The normalized spacial score (nSPS) is 18.1. The molecule has 1 aromatic heterocycles. The number of aromatic nitrogens is 2. The molecule has 3 rings (SSSR count). The molecule has 0 aliphatic carbocycles. The van der Waals surface area contributed by atoms with Crippen molar-refractivity contribution >= 4 is 0 Å². The Balaban J connectivity index is 1.67. The predicted octanol–water partition coefficient (Wildman–Crippen LogP) is 2.50. The Hall–Kier alpha value is -1.94. The lowest BCUT2D eigenvalue weighted by Crippen LogP contribution is -2.14. The third-order valence-electron chi connectivity index (χ3n) is 3.69. The fourth-order valence-electron chi connectivity index (χ4n) is 2.53. The number of benzene rings is 1. The zero-order chi connectivity index (χ0) is 13.8. The van der Waals surface area contributed by atoms with Crippen LogP contribution in [0.4, 0.5) is 0 Å². The van der Waals surface area contributed by atoms with E-state index < -0.39 is 0 Å². The van der Waals surface area contributed by atoms with Gasteiger partial charge in [-0.3, -0.25) is 9.97 Å². The van der Waals surface area contributed by atoms with Crippen molar-refractivity contribution in [1.29, 1.82) is 0 Å². The van der Waals surface area contributed by atoms with Crippen LogP contribution in [0.1, 0.15) is 35.8 Å². The minimum atomic E-state index is 0.387. The molecule has 20 heavy (non-hydrogen) atoms. The Bertz CT molecular complexity index is 545. The number of hydrogen-bond acceptors (Lipinski definition) is 4. The molecule has 0 bridgehead atoms. The second-order valence-electron chi connectivity index (χ2n) is 5.11. The van der Waals surface area contributed by atoms with E-state index in [-0.39, 0.29) is 0 Å². The van der Waals surface area contributed by atoms with Gasteiger partial charge in [0.25, 0.3) is 0 Å². The summed E-state index contributed by atoms with van der Waals surface area (Å²) in [6, 6.07) is 8.46. The zero-order valence-electron chi connectivity index (χ0n) is 11.7. The lowest BCUT2D eigenvalue weighted by Gasteiger charge is -2.09. The molecular weight excluding hydrogens is 250 g/mol. The van der Waals surface area contributed by atoms with Crippen molar-refractivity contribution < 1.29 is 4.74 Å². The largest absolute Gasteiger partial charge is 0.497 e. The van der Waals surface area contributed by atoms with E-state index >= 15 is 0 Å². The molecule has 0 amide bonds. The van der Waals surface area contributed by atoms with Crippen LogP contribution < -0.4 is 10.1 Å². The molecule has 0 radical (unpaired) electrons. The SMILES string of the molecule is COc1ccc(Cc2cnc(C3CCCN3)cn2)cc1. The number of methoxy groups -OCH3 is 1. The summed E-state index contributed by atoms with van der Waals surface area (Å²) in [7, 11) is 1.68. The first-order valence-corrected chi connectivity index (χ1v) is 7.02. The van der Waals surface area contributed by atoms with Gasteiger partial charge in [0.1, 0.15) is 5.75 Å². The highest BCUT2D eigenvalue weighted by Gasteiger charge is 2.17. The van der Waals surface area contributed by atoms with Crippen LogP contribution in [0.2, 0.25) is 0 Å². The molecule has 2 aromatic rings. The van der Waals surface area contributed by atoms with E-state index in [4.69, 9.17) is 4.74 Å². The molecule has 0 saturated carbocycles. The van der Waals surface area contributed by atoms with Crippen LogP contribution in [0.15, 0.2) is 36.7 Å². The molecule has 1 aliphatic heterocycles. The first-order valence-electron chi connectivity index (χ1n) is 7.02. The number of rotatable bonds is 4. The van der Waals surface area contributed by atoms with Gasteiger partial charge in [0, 0.05) is 12.6 Å². The molecule has 1 atom stereocenters. The van der Waals surface area contributed by atoms with E-state index in [1.54, 1.807) is 7.11 Å². The molecule has 0 spiro atoms. The summed E-state index contributed by atoms with van der Waals surface area (Å²) >= 11 is 0. The van der Waals surface area contributed by atoms with Crippen molar-refractivity contribution in [2.75, 3.05) is 13.7 Å². The van der Waals surface area contributed by atoms with Gasteiger partial charge in [-0.2, -0.15) is 0 Å². The van der Waals surface area contributed by atoms with E-state index in [0.29, 0.717) is 6.04 Å². The second-order valence-corrected chi connectivity index (χ2v) is 5.11. The Kier molecular flexibility index (Phi) is 3.92. The molecule has 4 heteroatoms. The van der Waals surface area contributed by atoms with E-state index in [1.165, 1.54) is 12.0 Å². The number of nitrogens with zero attached hydrogens (tertiary/aromatic N) is 2. The molecule has 1 fully saturated rings. The molecule has 2 heterocycles. The molecule has 104 valence electrons. The molecule has 1 aromatic carbocycles. The van der Waals surface area contributed by atoms with Crippen LogP contribution in [0.3, 0.4) is 0 Å². The zero-order valence-corrected chi connectivity index (χ0v) is 11.7. The minimum Gasteiger partial charge on any atom is -0.497 e. The monoisotopic (exact) mass is 269 g/mol. The maximum atomic E-state index is 5.16. The third kappa shape index (κ3) is 2.96. The van der Waals surface area contributed by atoms with E-state index in [0.717, 1.165) is 36.5 Å². The van der Waals surface area contributed by atoms with Crippen LogP contribution in [-0.2, 0) is 6.42 Å². The molecular formula is C16H19N3O. The highest BCUT2D eigenvalue weighted by molar-refractivity contribution is 5.29. The Labute approximate surface area is 119 Å². The van der Waals surface area contributed by atoms with Crippen molar-refractivity contribution in [1.82, 2.24) is 15.3 Å². The molecule has 1 N–H and O–H groups in total. The number of nitrogens with one attached hydrogen (secondary N) is 1. The van der Waals surface area contributed by atoms with Gasteiger partial charge in [-0.25, -0.2) is 0 Å². The average molecular weight is 269 g/mol. The molecule has 1 saturated heterocycles. The number of hydrogen-bond donors (Lipinski definition) is 1. The highest BCUT2D eigenvalue weighted by Crippen LogP contribution is 2.20. The van der Waals surface area contributed by atoms with Gasteiger partial charge in [-0.15, -0.1) is 0 Å². The van der Waals surface area contributed by atoms with E-state index in [9.17, 15) is 0 Å². The summed E-state index contributed by atoms with van der Waals surface area (Å²) < 4.78 is 5.16. The maximum Gasteiger partial charge on any atom is 0.118 e. The van der Waals surface area contributed by atoms with Gasteiger partial charge in [0.2, 0.25) is 0 Å². The summed E-state index contributed by atoms with van der Waals surface area (Å²) in [5.41, 5.74) is 3.27. The summed E-state index contributed by atoms with van der Waals surface area (Å²) in [5, 5.41) is 3.44. The summed E-state index contributed by atoms with van der Waals surface area (Å²) in [4.78, 5) is 9.07. The van der Waals surface area contributed by atoms with Crippen molar-refractivity contribution in [3.05, 3.63) is 53.6 Å². The maximum absolute atomic E-state index is 5.16. The van der Waals surface area contributed by atoms with Crippen molar-refractivity contribution in [2.45, 2.75) is 25.3 Å². The van der Waals surface area contributed by atoms with E-state index in [1.807, 2.05) is 24.5 Å². The van der Waals surface area contributed by atoms with Gasteiger partial charge in [0.05, 0.1) is 30.7 Å². The first-order chi connectivity index (χ1) is 9.85. The molecule has 4 nitrogen and oxygen atoms in total. The Morgan fingerprint density at radius 2 is 2.05 bits per heavy atom. The van der Waals surface area contributed by atoms with Crippen LogP contribution >= 0.6 is 0 Å². The highest BCUT2D eigenvalue weighted by atomic mass is 16.5. The molecule has 1 aliphatic rings. The Morgan fingerprint density at radius 3 is 2.65 bits per heavy atom. The fraction of sp³-hybridized carbons (Fsp3) is 0.375. The van der Waals surface area contributed by atoms with E-state index in [2.05, 4.69) is 27.4 Å². The summed E-state index contributed by atoms with van der Waals surface area (Å²) in [5.74, 6) is 0.877. The van der Waals surface area contributed by atoms with Gasteiger partial charge in [-0.1, -0.05) is 12.1 Å². The van der Waals surface area contributed by atoms with Gasteiger partial charge < -0.3 is 10.1 Å².